The van der Waals surface area contributed by atoms with Gasteiger partial charge in [0.2, 0.25) is 5.91 Å². The molecule has 0 aliphatic heterocycles. The van der Waals surface area contributed by atoms with Crippen LogP contribution in [0.15, 0.2) is 10.6 Å². The average Bonchev–Trinajstić information content (AvgIpc) is 3.05. The monoisotopic (exact) mass is 267 g/mol. The van der Waals surface area contributed by atoms with Crippen molar-refractivity contribution in [1.82, 2.24) is 10.5 Å². The molecule has 1 unspecified atom stereocenters. The van der Waals surface area contributed by atoms with E-state index in [1.807, 2.05) is 0 Å². The van der Waals surface area contributed by atoms with Crippen molar-refractivity contribution in [2.75, 3.05) is 0 Å². The van der Waals surface area contributed by atoms with Crippen molar-refractivity contribution in [2.45, 2.75) is 31.2 Å². The minimum Gasteiger partial charge on any atom is -0.480 e. The van der Waals surface area contributed by atoms with Crippen LogP contribution in [0.4, 0.5) is 0 Å². The van der Waals surface area contributed by atoms with E-state index >= 15 is 0 Å². The molecule has 102 valence electrons. The number of carboxylic acids is 1. The fourth-order valence-electron chi connectivity index (χ4n) is 1.59. The van der Waals surface area contributed by atoms with Gasteiger partial charge in [-0.05, 0) is 12.8 Å². The number of amides is 2. The lowest BCUT2D eigenvalue weighted by atomic mass is 10.2. The Hall–Kier alpha value is -2.38. The number of hydrogen-bond acceptors (Lipinski definition) is 5. The third-order valence-electron chi connectivity index (χ3n) is 2.75. The number of carbonyl (C=O) groups is 3. The molecule has 0 aromatic carbocycles. The highest BCUT2D eigenvalue weighted by atomic mass is 16.5. The molecule has 2 amide bonds. The molecule has 0 radical (unpaired) electrons. The van der Waals surface area contributed by atoms with Crippen LogP contribution in [0.25, 0.3) is 0 Å². The van der Waals surface area contributed by atoms with Gasteiger partial charge in [-0.3, -0.25) is 9.59 Å². The predicted molar refractivity (Wildman–Crippen MR) is 61.2 cm³/mol. The molecule has 8 nitrogen and oxygen atoms in total. The summed E-state index contributed by atoms with van der Waals surface area (Å²) in [6.07, 6.45) is 1.51. The minimum atomic E-state index is -1.37. The topological polar surface area (TPSA) is 136 Å². The zero-order valence-electron chi connectivity index (χ0n) is 9.96. The number of aliphatic carboxylic acids is 1. The van der Waals surface area contributed by atoms with Crippen molar-refractivity contribution in [2.24, 2.45) is 5.73 Å². The Kier molecular flexibility index (Phi) is 3.50. The van der Waals surface area contributed by atoms with Gasteiger partial charge in [-0.25, -0.2) is 4.79 Å². The number of aromatic nitrogens is 1. The number of nitrogens with one attached hydrogen (secondary N) is 1. The molecule has 19 heavy (non-hydrogen) atoms. The SMILES string of the molecule is NC(=O)CC(NC(=O)c1cc(C2CC2)on1)C(=O)O. The van der Waals surface area contributed by atoms with Crippen LogP contribution in [0, 0.1) is 0 Å². The number of carboxylic acid groups (broad SMARTS) is 1. The second-order valence-corrected chi connectivity index (χ2v) is 4.42. The average molecular weight is 267 g/mol. The van der Waals surface area contributed by atoms with Gasteiger partial charge in [0.1, 0.15) is 11.8 Å². The van der Waals surface area contributed by atoms with E-state index in [0.717, 1.165) is 12.8 Å². The Labute approximate surface area is 107 Å². The maximum absolute atomic E-state index is 11.7. The van der Waals surface area contributed by atoms with Crippen molar-refractivity contribution in [1.29, 1.82) is 0 Å². The molecular formula is C11H13N3O5. The summed E-state index contributed by atoms with van der Waals surface area (Å²) >= 11 is 0. The van der Waals surface area contributed by atoms with Crippen molar-refractivity contribution in [3.05, 3.63) is 17.5 Å². The summed E-state index contributed by atoms with van der Waals surface area (Å²) < 4.78 is 4.98. The van der Waals surface area contributed by atoms with Gasteiger partial charge < -0.3 is 20.7 Å². The lowest BCUT2D eigenvalue weighted by Crippen LogP contribution is -2.43. The highest BCUT2D eigenvalue weighted by Gasteiger charge is 2.30. The van der Waals surface area contributed by atoms with Crippen molar-refractivity contribution >= 4 is 17.8 Å². The van der Waals surface area contributed by atoms with Crippen LogP contribution in [0.5, 0.6) is 0 Å². The summed E-state index contributed by atoms with van der Waals surface area (Å²) in [6, 6.07) is 0.113. The quantitative estimate of drug-likeness (QED) is 0.642. The van der Waals surface area contributed by atoms with E-state index in [1.165, 1.54) is 6.07 Å². The predicted octanol–water partition coefficient (Wildman–Crippen LogP) is -0.390. The molecule has 1 saturated carbocycles. The van der Waals surface area contributed by atoms with Gasteiger partial charge in [0.05, 0.1) is 6.42 Å². The van der Waals surface area contributed by atoms with Crippen LogP contribution in [0.1, 0.15) is 41.4 Å². The molecule has 1 aromatic heterocycles. The van der Waals surface area contributed by atoms with Gasteiger partial charge in [0, 0.05) is 12.0 Å². The Morgan fingerprint density at radius 2 is 2.21 bits per heavy atom. The van der Waals surface area contributed by atoms with Crippen LogP contribution >= 0.6 is 0 Å². The molecule has 4 N–H and O–H groups in total. The summed E-state index contributed by atoms with van der Waals surface area (Å²) in [5.41, 5.74) is 4.91. The number of carbonyl (C=O) groups excluding carboxylic acids is 2. The summed E-state index contributed by atoms with van der Waals surface area (Å²) in [5.74, 6) is -1.93. The smallest absolute Gasteiger partial charge is 0.326 e. The maximum Gasteiger partial charge on any atom is 0.326 e. The molecule has 0 saturated heterocycles. The first-order valence-corrected chi connectivity index (χ1v) is 5.76. The molecule has 1 fully saturated rings. The summed E-state index contributed by atoms with van der Waals surface area (Å²) in [5, 5.41) is 14.6. The van der Waals surface area contributed by atoms with Crippen molar-refractivity contribution in [3.8, 4) is 0 Å². The third kappa shape index (κ3) is 3.30. The number of primary amides is 1. The molecule has 1 aromatic rings. The Bertz CT molecular complexity index is 520. The molecule has 8 heteroatoms. The summed E-state index contributed by atoms with van der Waals surface area (Å²) in [6.45, 7) is 0. The van der Waals surface area contributed by atoms with Crippen LogP contribution in [-0.4, -0.2) is 34.1 Å². The van der Waals surface area contributed by atoms with E-state index in [1.54, 1.807) is 0 Å². The first-order valence-electron chi connectivity index (χ1n) is 5.76. The van der Waals surface area contributed by atoms with Gasteiger partial charge in [-0.2, -0.15) is 0 Å². The van der Waals surface area contributed by atoms with E-state index in [4.69, 9.17) is 15.4 Å². The zero-order valence-corrected chi connectivity index (χ0v) is 9.96. The summed E-state index contributed by atoms with van der Waals surface area (Å²) in [7, 11) is 0. The number of nitrogens with zero attached hydrogens (tertiary/aromatic N) is 1. The fraction of sp³-hybridized carbons (Fsp3) is 0.455. The van der Waals surface area contributed by atoms with E-state index in [9.17, 15) is 14.4 Å². The third-order valence-corrected chi connectivity index (χ3v) is 2.75. The van der Waals surface area contributed by atoms with E-state index in [2.05, 4.69) is 10.5 Å². The van der Waals surface area contributed by atoms with E-state index in [-0.39, 0.29) is 5.69 Å². The largest absolute Gasteiger partial charge is 0.480 e. The number of rotatable bonds is 6. The normalized spacial score (nSPS) is 15.8. The zero-order chi connectivity index (χ0) is 14.0. The molecule has 1 aliphatic carbocycles. The molecule has 1 heterocycles. The number of hydrogen-bond donors (Lipinski definition) is 3. The van der Waals surface area contributed by atoms with Gasteiger partial charge in [-0.15, -0.1) is 0 Å². The van der Waals surface area contributed by atoms with Crippen LogP contribution in [-0.2, 0) is 9.59 Å². The molecule has 0 spiro atoms. The van der Waals surface area contributed by atoms with E-state index in [0.29, 0.717) is 11.7 Å². The standard InChI is InChI=1S/C11H13N3O5/c12-9(15)4-7(11(17)18)13-10(16)6-3-8(19-14-6)5-1-2-5/h3,5,7H,1-2,4H2,(H2,12,15)(H,13,16)(H,17,18). The Morgan fingerprint density at radius 3 is 2.74 bits per heavy atom. The lowest BCUT2D eigenvalue weighted by Gasteiger charge is -2.10. The fourth-order valence-corrected chi connectivity index (χ4v) is 1.59. The minimum absolute atomic E-state index is 0.00220. The molecule has 1 aliphatic rings. The van der Waals surface area contributed by atoms with Crippen LogP contribution < -0.4 is 11.1 Å². The van der Waals surface area contributed by atoms with E-state index < -0.39 is 30.2 Å². The van der Waals surface area contributed by atoms with Gasteiger partial charge in [0.15, 0.2) is 5.69 Å². The second kappa shape index (κ2) is 5.09. The highest BCUT2D eigenvalue weighted by Crippen LogP contribution is 2.40. The van der Waals surface area contributed by atoms with Gasteiger partial charge >= 0.3 is 5.97 Å². The van der Waals surface area contributed by atoms with Crippen LogP contribution in [0.3, 0.4) is 0 Å². The van der Waals surface area contributed by atoms with Crippen LogP contribution in [0.2, 0.25) is 0 Å². The first kappa shape index (κ1) is 13.1. The molecule has 2 rings (SSSR count). The molecular weight excluding hydrogens is 254 g/mol. The maximum atomic E-state index is 11.7. The van der Waals surface area contributed by atoms with Gasteiger partial charge in [0.25, 0.3) is 5.91 Å². The highest BCUT2D eigenvalue weighted by molar-refractivity contribution is 5.96. The first-order chi connectivity index (χ1) is 8.97. The molecule has 1 atom stereocenters. The number of nitrogens with two attached hydrogens (primary N) is 1. The summed E-state index contributed by atoms with van der Waals surface area (Å²) in [4.78, 5) is 33.3. The molecule has 0 bridgehead atoms. The Balaban J connectivity index is 2.00. The second-order valence-electron chi connectivity index (χ2n) is 4.42. The lowest BCUT2D eigenvalue weighted by molar-refractivity contribution is -0.140. The Morgan fingerprint density at radius 1 is 1.53 bits per heavy atom. The van der Waals surface area contributed by atoms with Gasteiger partial charge in [-0.1, -0.05) is 5.16 Å². The van der Waals surface area contributed by atoms with Crippen molar-refractivity contribution < 1.29 is 24.0 Å². The van der Waals surface area contributed by atoms with Crippen molar-refractivity contribution in [3.63, 3.8) is 0 Å².